The molecule has 86 valence electrons. The van der Waals surface area contributed by atoms with Gasteiger partial charge in [-0.1, -0.05) is 6.07 Å². The Balaban J connectivity index is 2.70. The summed E-state index contributed by atoms with van der Waals surface area (Å²) in [6.07, 6.45) is 0. The maximum Gasteiger partial charge on any atom is 0.199 e. The fraction of sp³-hybridized carbons (Fsp3) is 0.111. The van der Waals surface area contributed by atoms with Gasteiger partial charge in [0.25, 0.3) is 0 Å². The van der Waals surface area contributed by atoms with Crippen LogP contribution >= 0.6 is 0 Å². The van der Waals surface area contributed by atoms with Gasteiger partial charge in [0, 0.05) is 7.05 Å². The fourth-order valence-electron chi connectivity index (χ4n) is 0.986. The SMILES string of the molecule is CNC(=N)NC(=N)Nc1cccc(O)c1O. The van der Waals surface area contributed by atoms with Gasteiger partial charge in [-0.2, -0.15) is 0 Å². The van der Waals surface area contributed by atoms with Gasteiger partial charge in [0.15, 0.2) is 23.4 Å². The maximum atomic E-state index is 9.43. The van der Waals surface area contributed by atoms with Crippen molar-refractivity contribution in [2.24, 2.45) is 0 Å². The second-order valence-electron chi connectivity index (χ2n) is 2.92. The van der Waals surface area contributed by atoms with E-state index in [2.05, 4.69) is 16.0 Å². The van der Waals surface area contributed by atoms with E-state index in [-0.39, 0.29) is 29.1 Å². The van der Waals surface area contributed by atoms with Crippen LogP contribution in [0.15, 0.2) is 18.2 Å². The first-order valence-electron chi connectivity index (χ1n) is 4.44. The zero-order valence-electron chi connectivity index (χ0n) is 8.63. The molecule has 0 amide bonds. The van der Waals surface area contributed by atoms with E-state index in [0.29, 0.717) is 0 Å². The van der Waals surface area contributed by atoms with Crippen LogP contribution < -0.4 is 16.0 Å². The molecule has 7 N–H and O–H groups in total. The Bertz CT molecular complexity index is 418. The quantitative estimate of drug-likeness (QED) is 0.208. The van der Waals surface area contributed by atoms with Gasteiger partial charge in [-0.05, 0) is 12.1 Å². The van der Waals surface area contributed by atoms with Crippen LogP contribution in [-0.4, -0.2) is 29.2 Å². The smallest absolute Gasteiger partial charge is 0.199 e. The van der Waals surface area contributed by atoms with Crippen LogP contribution in [-0.2, 0) is 0 Å². The Kier molecular flexibility index (Phi) is 3.54. The minimum atomic E-state index is -0.343. The van der Waals surface area contributed by atoms with Crippen LogP contribution in [0.25, 0.3) is 0 Å². The predicted octanol–water partition coefficient (Wildman–Crippen LogP) is 0.188. The number of rotatable bonds is 1. The van der Waals surface area contributed by atoms with Crippen LogP contribution in [0, 0.1) is 10.8 Å². The van der Waals surface area contributed by atoms with Crippen LogP contribution in [0.5, 0.6) is 11.5 Å². The summed E-state index contributed by atoms with van der Waals surface area (Å²) in [6.45, 7) is 0. The first-order valence-corrected chi connectivity index (χ1v) is 4.44. The minimum Gasteiger partial charge on any atom is -0.504 e. The third-order valence-electron chi connectivity index (χ3n) is 1.77. The molecule has 0 atom stereocenters. The van der Waals surface area contributed by atoms with Crippen molar-refractivity contribution in [2.45, 2.75) is 0 Å². The predicted molar refractivity (Wildman–Crippen MR) is 61.0 cm³/mol. The van der Waals surface area contributed by atoms with E-state index < -0.39 is 0 Å². The van der Waals surface area contributed by atoms with Gasteiger partial charge in [-0.15, -0.1) is 0 Å². The minimum absolute atomic E-state index is 0.0582. The average Bonchev–Trinajstić information content (AvgIpc) is 2.24. The molecule has 1 aromatic rings. The van der Waals surface area contributed by atoms with Crippen molar-refractivity contribution >= 4 is 17.6 Å². The molecule has 0 aliphatic carbocycles. The van der Waals surface area contributed by atoms with Gasteiger partial charge in [0.05, 0.1) is 5.69 Å². The number of para-hydroxylation sites is 1. The lowest BCUT2D eigenvalue weighted by atomic mass is 10.2. The first-order chi connectivity index (χ1) is 7.54. The third-order valence-corrected chi connectivity index (χ3v) is 1.77. The number of hydrogen-bond donors (Lipinski definition) is 7. The topological polar surface area (TPSA) is 124 Å². The van der Waals surface area contributed by atoms with Crippen molar-refractivity contribution in [2.75, 3.05) is 12.4 Å². The summed E-state index contributed by atoms with van der Waals surface area (Å²) in [6, 6.07) is 4.34. The number of anilines is 1. The van der Waals surface area contributed by atoms with E-state index in [9.17, 15) is 10.2 Å². The molecule has 1 rings (SSSR count). The second kappa shape index (κ2) is 4.87. The molecule has 0 fully saturated rings. The molecule has 16 heavy (non-hydrogen) atoms. The van der Waals surface area contributed by atoms with E-state index >= 15 is 0 Å². The molecule has 0 bridgehead atoms. The lowest BCUT2D eigenvalue weighted by molar-refractivity contribution is 0.405. The Morgan fingerprint density at radius 3 is 2.50 bits per heavy atom. The van der Waals surface area contributed by atoms with Gasteiger partial charge < -0.3 is 20.8 Å². The molecule has 0 aliphatic rings. The normalized spacial score (nSPS) is 9.31. The molecule has 0 aromatic heterocycles. The molecule has 0 aliphatic heterocycles. The highest BCUT2D eigenvalue weighted by molar-refractivity contribution is 6.03. The summed E-state index contributed by atoms with van der Waals surface area (Å²) in [5.41, 5.74) is 0.182. The molecular weight excluding hydrogens is 210 g/mol. The van der Waals surface area contributed by atoms with Crippen molar-refractivity contribution in [3.05, 3.63) is 18.2 Å². The molecule has 7 heteroatoms. The van der Waals surface area contributed by atoms with E-state index in [0.717, 1.165) is 0 Å². The van der Waals surface area contributed by atoms with E-state index in [4.69, 9.17) is 10.8 Å². The molecule has 0 saturated heterocycles. The Morgan fingerprint density at radius 1 is 1.19 bits per heavy atom. The van der Waals surface area contributed by atoms with Crippen molar-refractivity contribution < 1.29 is 10.2 Å². The third kappa shape index (κ3) is 2.77. The van der Waals surface area contributed by atoms with Crippen molar-refractivity contribution in [3.8, 4) is 11.5 Å². The Hall–Kier alpha value is -2.44. The maximum absolute atomic E-state index is 9.43. The highest BCUT2D eigenvalue weighted by atomic mass is 16.3. The summed E-state index contributed by atoms with van der Waals surface area (Å²) in [5, 5.41) is 40.6. The molecule has 0 radical (unpaired) electrons. The monoisotopic (exact) mass is 223 g/mol. The molecule has 1 aromatic carbocycles. The van der Waals surface area contributed by atoms with Crippen molar-refractivity contribution in [1.82, 2.24) is 10.6 Å². The second-order valence-corrected chi connectivity index (χ2v) is 2.92. The summed E-state index contributed by atoms with van der Waals surface area (Å²) in [4.78, 5) is 0. The lowest BCUT2D eigenvalue weighted by Gasteiger charge is -2.12. The Labute approximate surface area is 92.1 Å². The molecule has 0 unspecified atom stereocenters. The first kappa shape index (κ1) is 11.6. The summed E-state index contributed by atoms with van der Waals surface area (Å²) < 4.78 is 0. The molecule has 0 spiro atoms. The number of nitrogens with one attached hydrogen (secondary N) is 5. The van der Waals surface area contributed by atoms with Gasteiger partial charge in [-0.3, -0.25) is 16.1 Å². The van der Waals surface area contributed by atoms with Crippen molar-refractivity contribution in [3.63, 3.8) is 0 Å². The largest absolute Gasteiger partial charge is 0.504 e. The van der Waals surface area contributed by atoms with Crippen LogP contribution in [0.4, 0.5) is 5.69 Å². The standard InChI is InChI=1S/C9H13N5O2/c1-12-8(10)14-9(11)13-5-3-2-4-6(15)7(5)16/h2-4,15-16H,1H3,(H5,10,11,12,13,14). The number of aromatic hydroxyl groups is 2. The van der Waals surface area contributed by atoms with Crippen LogP contribution in [0.1, 0.15) is 0 Å². The molecule has 0 heterocycles. The van der Waals surface area contributed by atoms with Gasteiger partial charge in [-0.25, -0.2) is 0 Å². The molecule has 7 nitrogen and oxygen atoms in total. The van der Waals surface area contributed by atoms with Gasteiger partial charge in [0.1, 0.15) is 0 Å². The summed E-state index contributed by atoms with van der Waals surface area (Å²) >= 11 is 0. The number of phenolic OH excluding ortho intramolecular Hbond substituents is 2. The highest BCUT2D eigenvalue weighted by Crippen LogP contribution is 2.32. The van der Waals surface area contributed by atoms with E-state index in [1.54, 1.807) is 0 Å². The zero-order chi connectivity index (χ0) is 12.1. The number of phenols is 2. The average molecular weight is 223 g/mol. The van der Waals surface area contributed by atoms with E-state index in [1.807, 2.05) is 0 Å². The Morgan fingerprint density at radius 2 is 1.88 bits per heavy atom. The number of guanidine groups is 2. The molecule has 0 saturated carbocycles. The van der Waals surface area contributed by atoms with Gasteiger partial charge >= 0.3 is 0 Å². The van der Waals surface area contributed by atoms with Crippen molar-refractivity contribution in [1.29, 1.82) is 10.8 Å². The number of benzene rings is 1. The highest BCUT2D eigenvalue weighted by Gasteiger charge is 2.07. The zero-order valence-corrected chi connectivity index (χ0v) is 8.63. The lowest BCUT2D eigenvalue weighted by Crippen LogP contribution is -2.41. The summed E-state index contributed by atoms with van der Waals surface area (Å²) in [7, 11) is 1.54. The summed E-state index contributed by atoms with van der Waals surface area (Å²) in [5.74, 6) is -0.871. The van der Waals surface area contributed by atoms with Gasteiger partial charge in [0.2, 0.25) is 0 Å². The van der Waals surface area contributed by atoms with Crippen LogP contribution in [0.2, 0.25) is 0 Å². The fourth-order valence-corrected chi connectivity index (χ4v) is 0.986. The molecular formula is C9H13N5O2. The van der Waals surface area contributed by atoms with Crippen LogP contribution in [0.3, 0.4) is 0 Å². The van der Waals surface area contributed by atoms with E-state index in [1.165, 1.54) is 25.2 Å². The number of hydrogen-bond acceptors (Lipinski definition) is 4.